The maximum Gasteiger partial charge on any atom is 0.187 e. The predicted octanol–water partition coefficient (Wildman–Crippen LogP) is 2.30. The van der Waals surface area contributed by atoms with Gasteiger partial charge in [-0.1, -0.05) is 12.5 Å². The van der Waals surface area contributed by atoms with Crippen molar-refractivity contribution in [1.29, 1.82) is 0 Å². The van der Waals surface area contributed by atoms with Crippen molar-refractivity contribution in [3.63, 3.8) is 0 Å². The second-order valence-electron chi connectivity index (χ2n) is 4.63. The minimum Gasteiger partial charge on any atom is -0.317 e. The Morgan fingerprint density at radius 3 is 2.94 bits per heavy atom. The summed E-state index contributed by atoms with van der Waals surface area (Å²) in [5.41, 5.74) is 0. The first kappa shape index (κ1) is 13.1. The van der Waals surface area contributed by atoms with Crippen LogP contribution >= 0.6 is 11.3 Å². The van der Waals surface area contributed by atoms with Gasteiger partial charge in [-0.3, -0.25) is 0 Å². The molecule has 1 N–H and O–H groups in total. The lowest BCUT2D eigenvalue weighted by molar-refractivity contribution is 0.414. The van der Waals surface area contributed by atoms with Crippen LogP contribution in [-0.4, -0.2) is 27.3 Å². The Kier molecular flexibility index (Phi) is 4.22. The number of sulfone groups is 1. The van der Waals surface area contributed by atoms with Gasteiger partial charge in [0.15, 0.2) is 9.84 Å². The van der Waals surface area contributed by atoms with Crippen LogP contribution in [0.4, 0.5) is 0 Å². The molecule has 2 atom stereocenters. The summed E-state index contributed by atoms with van der Waals surface area (Å²) in [4.78, 5) is 0. The summed E-state index contributed by atoms with van der Waals surface area (Å²) in [5.74, 6) is 0.811. The normalized spacial score (nSPS) is 25.2. The lowest BCUT2D eigenvalue weighted by Gasteiger charge is -2.18. The quantitative estimate of drug-likeness (QED) is 0.895. The van der Waals surface area contributed by atoms with E-state index in [1.165, 1.54) is 24.2 Å². The average Bonchev–Trinajstić information content (AvgIpc) is 2.97. The molecule has 1 aromatic rings. The van der Waals surface area contributed by atoms with Crippen molar-refractivity contribution < 1.29 is 8.42 Å². The zero-order chi connectivity index (χ0) is 12.3. The smallest absolute Gasteiger partial charge is 0.187 e. The van der Waals surface area contributed by atoms with Gasteiger partial charge in [0, 0.05) is 6.04 Å². The second kappa shape index (κ2) is 5.50. The van der Waals surface area contributed by atoms with Crippen molar-refractivity contribution in [2.45, 2.75) is 35.9 Å². The zero-order valence-electron chi connectivity index (χ0n) is 10.1. The molecule has 0 aliphatic heterocycles. The highest BCUT2D eigenvalue weighted by atomic mass is 32.2. The van der Waals surface area contributed by atoms with Crippen molar-refractivity contribution in [3.05, 3.63) is 17.5 Å². The molecular weight excluding hydrogens is 254 g/mol. The third-order valence-corrected chi connectivity index (χ3v) is 6.82. The van der Waals surface area contributed by atoms with Crippen LogP contribution in [0.3, 0.4) is 0 Å². The summed E-state index contributed by atoms with van der Waals surface area (Å²) in [5, 5.41) is 5.11. The van der Waals surface area contributed by atoms with E-state index in [1.807, 2.05) is 12.4 Å². The average molecular weight is 273 g/mol. The molecule has 0 radical (unpaired) electrons. The van der Waals surface area contributed by atoms with Crippen molar-refractivity contribution in [2.75, 3.05) is 12.8 Å². The van der Waals surface area contributed by atoms with Gasteiger partial charge in [0.2, 0.25) is 0 Å². The predicted molar refractivity (Wildman–Crippen MR) is 71.2 cm³/mol. The molecular formula is C12H19NO2S2. The third kappa shape index (κ3) is 3.09. The molecule has 0 spiro atoms. The van der Waals surface area contributed by atoms with Gasteiger partial charge < -0.3 is 5.32 Å². The number of hydrogen-bond acceptors (Lipinski definition) is 4. The van der Waals surface area contributed by atoms with Crippen LogP contribution in [0.25, 0.3) is 0 Å². The molecule has 2 unspecified atom stereocenters. The van der Waals surface area contributed by atoms with Gasteiger partial charge in [0.05, 0.1) is 5.75 Å². The van der Waals surface area contributed by atoms with E-state index in [9.17, 15) is 8.42 Å². The summed E-state index contributed by atoms with van der Waals surface area (Å²) in [6.45, 7) is 0. The monoisotopic (exact) mass is 273 g/mol. The Hall–Kier alpha value is -0.390. The zero-order valence-corrected chi connectivity index (χ0v) is 11.7. The summed E-state index contributed by atoms with van der Waals surface area (Å²) >= 11 is 1.32. The molecule has 0 bridgehead atoms. The van der Waals surface area contributed by atoms with Crippen LogP contribution in [0, 0.1) is 5.92 Å². The molecule has 1 saturated carbocycles. The molecule has 1 aromatic heterocycles. The molecule has 0 saturated heterocycles. The maximum absolute atomic E-state index is 12.0. The highest BCUT2D eigenvalue weighted by Gasteiger charge is 2.27. The fourth-order valence-corrected chi connectivity index (χ4v) is 5.16. The standard InChI is InChI=1S/C12H19NO2S2/c1-13-11-5-2-4-10(11)7-9-17(14,15)12-6-3-8-16-12/h3,6,8,10-11,13H,2,4-5,7,9H2,1H3. The molecule has 96 valence electrons. The Balaban J connectivity index is 1.94. The van der Waals surface area contributed by atoms with Gasteiger partial charge in [-0.15, -0.1) is 11.3 Å². The van der Waals surface area contributed by atoms with Gasteiger partial charge in [-0.05, 0) is 43.7 Å². The van der Waals surface area contributed by atoms with Crippen LogP contribution in [-0.2, 0) is 9.84 Å². The summed E-state index contributed by atoms with van der Waals surface area (Å²) < 4.78 is 24.6. The molecule has 3 nitrogen and oxygen atoms in total. The van der Waals surface area contributed by atoms with E-state index in [1.54, 1.807) is 12.1 Å². The third-order valence-electron chi connectivity index (χ3n) is 3.59. The van der Waals surface area contributed by atoms with Crippen LogP contribution in [0.2, 0.25) is 0 Å². The summed E-state index contributed by atoms with van der Waals surface area (Å²) in [7, 11) is -1.08. The van der Waals surface area contributed by atoms with Crippen molar-refractivity contribution in [1.82, 2.24) is 5.32 Å². The van der Waals surface area contributed by atoms with Crippen LogP contribution in [0.1, 0.15) is 25.7 Å². The molecule has 0 amide bonds. The molecule has 0 aromatic carbocycles. The molecule has 5 heteroatoms. The van der Waals surface area contributed by atoms with Crippen molar-refractivity contribution in [3.8, 4) is 0 Å². The van der Waals surface area contributed by atoms with Crippen LogP contribution in [0.5, 0.6) is 0 Å². The van der Waals surface area contributed by atoms with Crippen LogP contribution in [0.15, 0.2) is 21.7 Å². The second-order valence-corrected chi connectivity index (χ2v) is 7.91. The van der Waals surface area contributed by atoms with E-state index in [4.69, 9.17) is 0 Å². The largest absolute Gasteiger partial charge is 0.317 e. The highest BCUT2D eigenvalue weighted by molar-refractivity contribution is 7.93. The van der Waals surface area contributed by atoms with Gasteiger partial charge in [-0.2, -0.15) is 0 Å². The lowest BCUT2D eigenvalue weighted by atomic mass is 10.0. The summed E-state index contributed by atoms with van der Waals surface area (Å²) in [6.07, 6.45) is 4.34. The number of thiophene rings is 1. The molecule has 1 heterocycles. The maximum atomic E-state index is 12.0. The van der Waals surface area contributed by atoms with E-state index in [0.717, 1.165) is 12.8 Å². The molecule has 17 heavy (non-hydrogen) atoms. The number of nitrogens with one attached hydrogen (secondary N) is 1. The first-order valence-electron chi connectivity index (χ1n) is 6.07. The van der Waals surface area contributed by atoms with E-state index in [0.29, 0.717) is 16.2 Å². The molecule has 1 aliphatic rings. The SMILES string of the molecule is CNC1CCCC1CCS(=O)(=O)c1cccs1. The molecule has 1 fully saturated rings. The van der Waals surface area contributed by atoms with Crippen molar-refractivity contribution in [2.24, 2.45) is 5.92 Å². The number of hydrogen-bond donors (Lipinski definition) is 1. The van der Waals surface area contributed by atoms with Gasteiger partial charge >= 0.3 is 0 Å². The van der Waals surface area contributed by atoms with E-state index < -0.39 is 9.84 Å². The van der Waals surface area contributed by atoms with Gasteiger partial charge in [0.25, 0.3) is 0 Å². The highest BCUT2D eigenvalue weighted by Crippen LogP contribution is 2.29. The number of rotatable bonds is 5. The Bertz CT molecular complexity index is 439. The van der Waals surface area contributed by atoms with Gasteiger partial charge in [-0.25, -0.2) is 8.42 Å². The Morgan fingerprint density at radius 1 is 1.47 bits per heavy atom. The Labute approximate surface area is 107 Å². The van der Waals surface area contributed by atoms with E-state index in [2.05, 4.69) is 5.32 Å². The van der Waals surface area contributed by atoms with Crippen molar-refractivity contribution >= 4 is 21.2 Å². The molecule has 2 rings (SSSR count). The van der Waals surface area contributed by atoms with Gasteiger partial charge in [0.1, 0.15) is 4.21 Å². The minimum absolute atomic E-state index is 0.288. The fourth-order valence-electron chi connectivity index (χ4n) is 2.61. The lowest BCUT2D eigenvalue weighted by Crippen LogP contribution is -2.30. The van der Waals surface area contributed by atoms with E-state index in [-0.39, 0.29) is 5.75 Å². The first-order chi connectivity index (χ1) is 8.13. The van der Waals surface area contributed by atoms with Crippen LogP contribution < -0.4 is 5.32 Å². The Morgan fingerprint density at radius 2 is 2.29 bits per heavy atom. The van der Waals surface area contributed by atoms with E-state index >= 15 is 0 Å². The fraction of sp³-hybridized carbons (Fsp3) is 0.667. The minimum atomic E-state index is -3.05. The first-order valence-corrected chi connectivity index (χ1v) is 8.60. The summed E-state index contributed by atoms with van der Waals surface area (Å²) in [6, 6.07) is 4.00. The molecule has 1 aliphatic carbocycles. The topological polar surface area (TPSA) is 46.2 Å².